The lowest BCUT2D eigenvalue weighted by molar-refractivity contribution is -0.118. The Kier molecular flexibility index (Phi) is 5.14. The van der Waals surface area contributed by atoms with Crippen LogP contribution in [0, 0.1) is 6.92 Å². The van der Waals surface area contributed by atoms with Crippen LogP contribution in [0.15, 0.2) is 45.3 Å². The molecule has 0 fully saturated rings. The van der Waals surface area contributed by atoms with Gasteiger partial charge in [0.1, 0.15) is 11.6 Å². The lowest BCUT2D eigenvalue weighted by Crippen LogP contribution is -2.20. The molecule has 1 amide bonds. The Balaban J connectivity index is 1.89. The molecule has 0 aliphatic rings. The summed E-state index contributed by atoms with van der Waals surface area (Å²) in [5.41, 5.74) is 0.816. The van der Waals surface area contributed by atoms with Gasteiger partial charge in [-0.15, -0.1) is 0 Å². The molecule has 1 aromatic carbocycles. The van der Waals surface area contributed by atoms with Crippen molar-refractivity contribution in [1.82, 2.24) is 4.98 Å². The Morgan fingerprint density at radius 1 is 1.20 bits per heavy atom. The molecule has 2 aromatic rings. The van der Waals surface area contributed by atoms with Crippen molar-refractivity contribution in [1.29, 1.82) is 0 Å². The molecule has 0 aliphatic carbocycles. The first-order chi connectivity index (χ1) is 9.54. The Hall–Kier alpha value is -1.40. The van der Waals surface area contributed by atoms with Crippen molar-refractivity contribution in [2.75, 3.05) is 11.9 Å². The van der Waals surface area contributed by atoms with Gasteiger partial charge in [-0.3, -0.25) is 4.79 Å². The minimum Gasteiger partial charge on any atom is -0.484 e. The summed E-state index contributed by atoms with van der Waals surface area (Å²) in [6.45, 7) is 1.80. The van der Waals surface area contributed by atoms with Crippen LogP contribution >= 0.6 is 31.9 Å². The fraction of sp³-hybridized carbons (Fsp3) is 0.143. The average molecular weight is 400 g/mol. The lowest BCUT2D eigenvalue weighted by Gasteiger charge is -2.08. The molecule has 0 atom stereocenters. The first-order valence-electron chi connectivity index (χ1n) is 5.86. The van der Waals surface area contributed by atoms with Crippen LogP contribution in [-0.2, 0) is 4.79 Å². The number of ether oxygens (including phenoxy) is 1. The average Bonchev–Trinajstić information content (AvgIpc) is 2.42. The molecule has 104 valence electrons. The van der Waals surface area contributed by atoms with Gasteiger partial charge in [0.05, 0.1) is 5.69 Å². The van der Waals surface area contributed by atoms with Crippen LogP contribution in [0.1, 0.15) is 5.69 Å². The number of anilines is 1. The zero-order valence-corrected chi connectivity index (χ0v) is 13.9. The molecule has 0 saturated heterocycles. The van der Waals surface area contributed by atoms with Crippen molar-refractivity contribution in [2.45, 2.75) is 6.92 Å². The number of aryl methyl sites for hydroxylation is 1. The molecule has 0 saturated carbocycles. The van der Waals surface area contributed by atoms with E-state index in [0.29, 0.717) is 11.6 Å². The third-order valence-corrected chi connectivity index (χ3v) is 3.84. The number of rotatable bonds is 4. The molecule has 0 spiro atoms. The van der Waals surface area contributed by atoms with E-state index in [9.17, 15) is 4.79 Å². The molecular weight excluding hydrogens is 388 g/mol. The van der Waals surface area contributed by atoms with Crippen LogP contribution < -0.4 is 10.1 Å². The fourth-order valence-electron chi connectivity index (χ4n) is 1.47. The normalized spacial score (nSPS) is 10.2. The maximum atomic E-state index is 11.8. The highest BCUT2D eigenvalue weighted by molar-refractivity contribution is 9.10. The van der Waals surface area contributed by atoms with Crippen LogP contribution in [0.25, 0.3) is 0 Å². The van der Waals surface area contributed by atoms with Crippen LogP contribution in [0.3, 0.4) is 0 Å². The van der Waals surface area contributed by atoms with E-state index in [1.54, 1.807) is 18.2 Å². The molecule has 0 bridgehead atoms. The Morgan fingerprint density at radius 3 is 2.55 bits per heavy atom. The van der Waals surface area contributed by atoms with Crippen molar-refractivity contribution in [3.8, 4) is 5.75 Å². The van der Waals surface area contributed by atoms with Gasteiger partial charge in [-0.25, -0.2) is 4.98 Å². The number of pyridine rings is 1. The molecule has 1 heterocycles. The SMILES string of the molecule is Cc1nc(NC(=O)COc2ccc(Br)cc2)ccc1Br. The van der Waals surface area contributed by atoms with Crippen molar-refractivity contribution >= 4 is 43.6 Å². The standard InChI is InChI=1S/C14H12Br2N2O2/c1-9-12(16)6-7-13(17-9)18-14(19)8-20-11-4-2-10(15)3-5-11/h2-7H,8H2,1H3,(H,17,18,19). The Bertz CT molecular complexity index is 615. The van der Waals surface area contributed by atoms with Crippen molar-refractivity contribution in [2.24, 2.45) is 0 Å². The van der Waals surface area contributed by atoms with Crippen LogP contribution in [0.2, 0.25) is 0 Å². The van der Waals surface area contributed by atoms with Gasteiger partial charge in [0, 0.05) is 8.95 Å². The summed E-state index contributed by atoms with van der Waals surface area (Å²) < 4.78 is 7.25. The number of halogens is 2. The van der Waals surface area contributed by atoms with Crippen molar-refractivity contribution in [3.63, 3.8) is 0 Å². The second-order valence-electron chi connectivity index (χ2n) is 4.05. The number of hydrogen-bond donors (Lipinski definition) is 1. The maximum absolute atomic E-state index is 11.8. The van der Waals surface area contributed by atoms with Gasteiger partial charge < -0.3 is 10.1 Å². The van der Waals surface area contributed by atoms with Gasteiger partial charge in [0.25, 0.3) is 5.91 Å². The summed E-state index contributed by atoms with van der Waals surface area (Å²) in [6.07, 6.45) is 0. The first kappa shape index (κ1) is 15.0. The first-order valence-corrected chi connectivity index (χ1v) is 7.44. The smallest absolute Gasteiger partial charge is 0.263 e. The highest BCUT2D eigenvalue weighted by Gasteiger charge is 2.06. The Morgan fingerprint density at radius 2 is 1.90 bits per heavy atom. The summed E-state index contributed by atoms with van der Waals surface area (Å²) in [7, 11) is 0. The van der Waals surface area contributed by atoms with E-state index >= 15 is 0 Å². The zero-order valence-electron chi connectivity index (χ0n) is 10.7. The largest absolute Gasteiger partial charge is 0.484 e. The number of carbonyl (C=O) groups is 1. The minimum atomic E-state index is -0.248. The van der Waals surface area contributed by atoms with Gasteiger partial charge in [-0.05, 0) is 59.3 Å². The number of benzene rings is 1. The molecule has 2 rings (SSSR count). The summed E-state index contributed by atoms with van der Waals surface area (Å²) in [6, 6.07) is 10.9. The highest BCUT2D eigenvalue weighted by atomic mass is 79.9. The third-order valence-electron chi connectivity index (χ3n) is 2.47. The number of amides is 1. The fourth-order valence-corrected chi connectivity index (χ4v) is 1.96. The quantitative estimate of drug-likeness (QED) is 0.847. The van der Waals surface area contributed by atoms with Crippen molar-refractivity contribution < 1.29 is 9.53 Å². The Labute approximate surface area is 133 Å². The molecule has 20 heavy (non-hydrogen) atoms. The molecule has 4 nitrogen and oxygen atoms in total. The molecule has 0 aliphatic heterocycles. The summed E-state index contributed by atoms with van der Waals surface area (Å²) in [4.78, 5) is 16.0. The van der Waals surface area contributed by atoms with E-state index in [-0.39, 0.29) is 12.5 Å². The van der Waals surface area contributed by atoms with Gasteiger partial charge >= 0.3 is 0 Å². The van der Waals surface area contributed by atoms with E-state index in [2.05, 4.69) is 42.2 Å². The number of nitrogens with one attached hydrogen (secondary N) is 1. The summed E-state index contributed by atoms with van der Waals surface area (Å²) >= 11 is 6.69. The van der Waals surface area contributed by atoms with E-state index in [0.717, 1.165) is 14.6 Å². The summed E-state index contributed by atoms with van der Waals surface area (Å²) in [5.74, 6) is 0.903. The van der Waals surface area contributed by atoms with E-state index in [1.807, 2.05) is 25.1 Å². The van der Waals surface area contributed by atoms with Gasteiger partial charge in [0.15, 0.2) is 6.61 Å². The highest BCUT2D eigenvalue weighted by Crippen LogP contribution is 2.17. The number of carbonyl (C=O) groups excluding carboxylic acids is 1. The predicted molar refractivity (Wildman–Crippen MR) is 84.9 cm³/mol. The molecule has 1 aromatic heterocycles. The number of aromatic nitrogens is 1. The third kappa shape index (κ3) is 4.31. The van der Waals surface area contributed by atoms with Gasteiger partial charge in [-0.1, -0.05) is 15.9 Å². The second kappa shape index (κ2) is 6.85. The minimum absolute atomic E-state index is 0.0571. The maximum Gasteiger partial charge on any atom is 0.263 e. The van der Waals surface area contributed by atoms with E-state index in [1.165, 1.54) is 0 Å². The van der Waals surface area contributed by atoms with Crippen LogP contribution in [0.5, 0.6) is 5.75 Å². The second-order valence-corrected chi connectivity index (χ2v) is 5.82. The molecule has 6 heteroatoms. The monoisotopic (exact) mass is 398 g/mol. The van der Waals surface area contributed by atoms with E-state index < -0.39 is 0 Å². The lowest BCUT2D eigenvalue weighted by atomic mass is 10.3. The molecule has 0 unspecified atom stereocenters. The number of hydrogen-bond acceptors (Lipinski definition) is 3. The topological polar surface area (TPSA) is 51.2 Å². The van der Waals surface area contributed by atoms with E-state index in [4.69, 9.17) is 4.74 Å². The molecular formula is C14H12Br2N2O2. The predicted octanol–water partition coefficient (Wildman–Crippen LogP) is 3.93. The number of nitrogens with zero attached hydrogens (tertiary/aromatic N) is 1. The molecule has 0 radical (unpaired) electrons. The zero-order chi connectivity index (χ0) is 14.5. The van der Waals surface area contributed by atoms with Crippen LogP contribution in [-0.4, -0.2) is 17.5 Å². The van der Waals surface area contributed by atoms with Gasteiger partial charge in [-0.2, -0.15) is 0 Å². The molecule has 1 N–H and O–H groups in total. The summed E-state index contributed by atoms with van der Waals surface area (Å²) in [5, 5.41) is 2.69. The van der Waals surface area contributed by atoms with Crippen molar-refractivity contribution in [3.05, 3.63) is 51.0 Å². The van der Waals surface area contributed by atoms with Gasteiger partial charge in [0.2, 0.25) is 0 Å². The van der Waals surface area contributed by atoms with Crippen LogP contribution in [0.4, 0.5) is 5.82 Å².